The van der Waals surface area contributed by atoms with Crippen LogP contribution >= 0.6 is 11.6 Å². The van der Waals surface area contributed by atoms with E-state index < -0.39 is 0 Å². The van der Waals surface area contributed by atoms with Crippen LogP contribution in [0.5, 0.6) is 5.75 Å². The molecule has 1 saturated heterocycles. The third-order valence-electron chi connectivity index (χ3n) is 3.49. The number of halogens is 1. The molecule has 1 heterocycles. The van der Waals surface area contributed by atoms with E-state index in [1.54, 1.807) is 7.11 Å². The molecule has 1 atom stereocenters. The molecular weight excluding hydrogens is 234 g/mol. The number of hydrogen-bond acceptors (Lipinski definition) is 2. The summed E-state index contributed by atoms with van der Waals surface area (Å²) in [5.41, 5.74) is 2.41. The molecule has 1 aliphatic rings. The van der Waals surface area contributed by atoms with Crippen molar-refractivity contribution in [2.24, 2.45) is 0 Å². The molecule has 1 aliphatic heterocycles. The molecule has 0 aromatic heterocycles. The van der Waals surface area contributed by atoms with Crippen molar-refractivity contribution in [2.75, 3.05) is 20.2 Å². The standard InChI is InChI=1S/C14H20ClNO/c1-10-8-12(15)9-13(14(10)17-2)11-4-3-6-16-7-5-11/h8-9,11,16H,3-7H2,1-2H3. The Labute approximate surface area is 108 Å². The van der Waals surface area contributed by atoms with Crippen molar-refractivity contribution in [3.05, 3.63) is 28.3 Å². The summed E-state index contributed by atoms with van der Waals surface area (Å²) < 4.78 is 5.55. The van der Waals surface area contributed by atoms with Crippen LogP contribution in [-0.2, 0) is 0 Å². The van der Waals surface area contributed by atoms with E-state index >= 15 is 0 Å². The van der Waals surface area contributed by atoms with Gasteiger partial charge in [-0.1, -0.05) is 11.6 Å². The molecule has 0 amide bonds. The Kier molecular flexibility index (Phi) is 4.30. The van der Waals surface area contributed by atoms with E-state index in [-0.39, 0.29) is 0 Å². The van der Waals surface area contributed by atoms with Crippen LogP contribution in [0.4, 0.5) is 0 Å². The largest absolute Gasteiger partial charge is 0.496 e. The van der Waals surface area contributed by atoms with Gasteiger partial charge in [0.05, 0.1) is 7.11 Å². The topological polar surface area (TPSA) is 21.3 Å². The quantitative estimate of drug-likeness (QED) is 0.871. The Balaban J connectivity index is 2.34. The van der Waals surface area contributed by atoms with Gasteiger partial charge in [0.15, 0.2) is 0 Å². The SMILES string of the molecule is COc1c(C)cc(Cl)cc1C1CCCNCC1. The molecule has 1 aromatic rings. The molecular formula is C14H20ClNO. The van der Waals surface area contributed by atoms with Gasteiger partial charge in [0.1, 0.15) is 5.75 Å². The Morgan fingerprint density at radius 3 is 2.88 bits per heavy atom. The summed E-state index contributed by atoms with van der Waals surface area (Å²) in [4.78, 5) is 0. The van der Waals surface area contributed by atoms with Gasteiger partial charge < -0.3 is 10.1 Å². The van der Waals surface area contributed by atoms with Gasteiger partial charge in [-0.25, -0.2) is 0 Å². The second-order valence-corrected chi connectivity index (χ2v) is 5.16. The summed E-state index contributed by atoms with van der Waals surface area (Å²) >= 11 is 6.17. The van der Waals surface area contributed by atoms with Gasteiger partial charge in [-0.3, -0.25) is 0 Å². The van der Waals surface area contributed by atoms with E-state index in [0.29, 0.717) is 5.92 Å². The van der Waals surface area contributed by atoms with Gasteiger partial charge in [0.25, 0.3) is 0 Å². The maximum absolute atomic E-state index is 6.17. The molecule has 0 aliphatic carbocycles. The van der Waals surface area contributed by atoms with Gasteiger partial charge in [-0.15, -0.1) is 0 Å². The van der Waals surface area contributed by atoms with E-state index in [0.717, 1.165) is 35.8 Å². The number of nitrogens with one attached hydrogen (secondary N) is 1. The summed E-state index contributed by atoms with van der Waals surface area (Å²) in [5.74, 6) is 1.58. The average Bonchev–Trinajstić information content (AvgIpc) is 2.56. The maximum atomic E-state index is 6.17. The third kappa shape index (κ3) is 2.93. The van der Waals surface area contributed by atoms with Crippen LogP contribution in [0.1, 0.15) is 36.3 Å². The van der Waals surface area contributed by atoms with Crippen LogP contribution in [-0.4, -0.2) is 20.2 Å². The maximum Gasteiger partial charge on any atom is 0.125 e. The summed E-state index contributed by atoms with van der Waals surface area (Å²) in [6, 6.07) is 4.04. The number of aryl methyl sites for hydroxylation is 1. The second-order valence-electron chi connectivity index (χ2n) is 4.72. The van der Waals surface area contributed by atoms with Crippen LogP contribution in [0.2, 0.25) is 5.02 Å². The highest BCUT2D eigenvalue weighted by molar-refractivity contribution is 6.30. The first-order valence-corrected chi connectivity index (χ1v) is 6.65. The molecule has 2 rings (SSSR count). The molecule has 3 heteroatoms. The zero-order valence-electron chi connectivity index (χ0n) is 10.6. The molecule has 1 aromatic carbocycles. The molecule has 0 radical (unpaired) electrons. The van der Waals surface area contributed by atoms with Gasteiger partial charge in [0.2, 0.25) is 0 Å². The third-order valence-corrected chi connectivity index (χ3v) is 3.71. The molecule has 0 spiro atoms. The van der Waals surface area contributed by atoms with E-state index in [1.807, 2.05) is 6.07 Å². The first-order valence-electron chi connectivity index (χ1n) is 6.27. The van der Waals surface area contributed by atoms with Crippen LogP contribution in [0.15, 0.2) is 12.1 Å². The second kappa shape index (κ2) is 5.74. The number of benzene rings is 1. The van der Waals surface area contributed by atoms with Crippen molar-refractivity contribution >= 4 is 11.6 Å². The van der Waals surface area contributed by atoms with Gasteiger partial charge in [-0.2, -0.15) is 0 Å². The lowest BCUT2D eigenvalue weighted by Gasteiger charge is -2.19. The molecule has 0 saturated carbocycles. The monoisotopic (exact) mass is 253 g/mol. The zero-order chi connectivity index (χ0) is 12.3. The molecule has 94 valence electrons. The fourth-order valence-electron chi connectivity index (χ4n) is 2.67. The predicted octanol–water partition coefficient (Wildman–Crippen LogP) is 3.51. The van der Waals surface area contributed by atoms with E-state index in [4.69, 9.17) is 16.3 Å². The molecule has 1 unspecified atom stereocenters. The van der Waals surface area contributed by atoms with Crippen molar-refractivity contribution in [1.82, 2.24) is 5.32 Å². The van der Waals surface area contributed by atoms with Crippen LogP contribution < -0.4 is 10.1 Å². The lowest BCUT2D eigenvalue weighted by atomic mass is 9.90. The highest BCUT2D eigenvalue weighted by Gasteiger charge is 2.19. The minimum atomic E-state index is 0.567. The lowest BCUT2D eigenvalue weighted by Crippen LogP contribution is -2.14. The van der Waals surface area contributed by atoms with E-state index in [2.05, 4.69) is 18.3 Å². The van der Waals surface area contributed by atoms with Gasteiger partial charge in [-0.05, 0) is 68.5 Å². The summed E-state index contributed by atoms with van der Waals surface area (Å²) in [5, 5.41) is 4.26. The van der Waals surface area contributed by atoms with Crippen molar-refractivity contribution in [3.8, 4) is 5.75 Å². The first-order chi connectivity index (χ1) is 8.22. The number of hydrogen-bond donors (Lipinski definition) is 1. The number of rotatable bonds is 2. The van der Waals surface area contributed by atoms with Crippen LogP contribution in [0.25, 0.3) is 0 Å². The van der Waals surface area contributed by atoms with Gasteiger partial charge in [0, 0.05) is 5.02 Å². The number of methoxy groups -OCH3 is 1. The molecule has 1 fully saturated rings. The minimum absolute atomic E-state index is 0.567. The molecule has 0 bridgehead atoms. The number of ether oxygens (including phenoxy) is 1. The van der Waals surface area contributed by atoms with Crippen molar-refractivity contribution in [2.45, 2.75) is 32.1 Å². The molecule has 2 nitrogen and oxygen atoms in total. The van der Waals surface area contributed by atoms with Crippen molar-refractivity contribution in [1.29, 1.82) is 0 Å². The Morgan fingerprint density at radius 2 is 2.12 bits per heavy atom. The van der Waals surface area contributed by atoms with E-state index in [1.165, 1.54) is 18.4 Å². The first kappa shape index (κ1) is 12.7. The molecule has 17 heavy (non-hydrogen) atoms. The summed E-state index contributed by atoms with van der Waals surface area (Å²) in [6.45, 7) is 4.26. The minimum Gasteiger partial charge on any atom is -0.496 e. The van der Waals surface area contributed by atoms with Crippen molar-refractivity contribution < 1.29 is 4.74 Å². The highest BCUT2D eigenvalue weighted by atomic mass is 35.5. The Morgan fingerprint density at radius 1 is 1.29 bits per heavy atom. The lowest BCUT2D eigenvalue weighted by molar-refractivity contribution is 0.399. The fraction of sp³-hybridized carbons (Fsp3) is 0.571. The predicted molar refractivity (Wildman–Crippen MR) is 72.2 cm³/mol. The smallest absolute Gasteiger partial charge is 0.125 e. The van der Waals surface area contributed by atoms with Crippen LogP contribution in [0.3, 0.4) is 0 Å². The van der Waals surface area contributed by atoms with Crippen molar-refractivity contribution in [3.63, 3.8) is 0 Å². The Bertz CT molecular complexity index is 384. The summed E-state index contributed by atoms with van der Waals surface area (Å²) in [7, 11) is 1.74. The normalized spacial score (nSPS) is 21.0. The average molecular weight is 254 g/mol. The van der Waals surface area contributed by atoms with Crippen LogP contribution in [0, 0.1) is 6.92 Å². The Hall–Kier alpha value is -0.730. The van der Waals surface area contributed by atoms with E-state index in [9.17, 15) is 0 Å². The molecule has 1 N–H and O–H groups in total. The highest BCUT2D eigenvalue weighted by Crippen LogP contribution is 2.37. The fourth-order valence-corrected chi connectivity index (χ4v) is 2.95. The summed E-state index contributed by atoms with van der Waals surface area (Å²) in [6.07, 6.45) is 3.60. The zero-order valence-corrected chi connectivity index (χ0v) is 11.3. The van der Waals surface area contributed by atoms with Gasteiger partial charge >= 0.3 is 0 Å².